The molecule has 0 aliphatic rings. The van der Waals surface area contributed by atoms with E-state index in [1.807, 2.05) is 0 Å². The molecule has 2 aromatic carbocycles. The van der Waals surface area contributed by atoms with E-state index in [-0.39, 0.29) is 33.3 Å². The van der Waals surface area contributed by atoms with Crippen LogP contribution in [0.2, 0.25) is 10.0 Å². The molecule has 1 heterocycles. The molecule has 27 heavy (non-hydrogen) atoms. The summed E-state index contributed by atoms with van der Waals surface area (Å²) in [6.07, 6.45) is 0. The molecule has 1 N–H and O–H groups in total. The second-order valence-corrected chi connectivity index (χ2v) is 6.25. The molecule has 138 valence electrons. The highest BCUT2D eigenvalue weighted by molar-refractivity contribution is 6.35. The SMILES string of the molecule is Cc1c(-c2cc(Oc3ccc(Cl)cc3Cl)ccc2[N+](=O)[O-])noc1C(=O)O. The number of rotatable bonds is 5. The molecule has 3 rings (SSSR count). The highest BCUT2D eigenvalue weighted by Gasteiger charge is 2.25. The van der Waals surface area contributed by atoms with Crippen LogP contribution in [-0.4, -0.2) is 21.2 Å². The van der Waals surface area contributed by atoms with Crippen LogP contribution in [-0.2, 0) is 0 Å². The Kier molecular flexibility index (Phi) is 5.02. The fraction of sp³-hybridized carbons (Fsp3) is 0.0588. The second-order valence-electron chi connectivity index (χ2n) is 5.40. The van der Waals surface area contributed by atoms with Gasteiger partial charge >= 0.3 is 5.97 Å². The highest BCUT2D eigenvalue weighted by Crippen LogP contribution is 2.38. The zero-order chi connectivity index (χ0) is 19.7. The van der Waals surface area contributed by atoms with E-state index in [1.165, 1.54) is 31.2 Å². The van der Waals surface area contributed by atoms with Crippen molar-refractivity contribution >= 4 is 34.9 Å². The number of carboxylic acid groups (broad SMARTS) is 1. The number of nitro benzene ring substituents is 1. The molecule has 0 saturated heterocycles. The predicted molar refractivity (Wildman–Crippen MR) is 96.8 cm³/mol. The van der Waals surface area contributed by atoms with Gasteiger partial charge in [0.25, 0.3) is 5.69 Å². The lowest BCUT2D eigenvalue weighted by Gasteiger charge is -2.09. The second kappa shape index (κ2) is 7.26. The third-order valence-corrected chi connectivity index (χ3v) is 4.19. The average Bonchev–Trinajstić information content (AvgIpc) is 2.98. The predicted octanol–water partition coefficient (Wildman–Crippen LogP) is 5.36. The van der Waals surface area contributed by atoms with Crippen molar-refractivity contribution in [3.05, 3.63) is 67.9 Å². The molecular weight excluding hydrogens is 399 g/mol. The number of benzene rings is 2. The summed E-state index contributed by atoms with van der Waals surface area (Å²) in [4.78, 5) is 21.9. The number of hydrogen-bond acceptors (Lipinski definition) is 6. The molecular formula is C17H10Cl2N2O6. The summed E-state index contributed by atoms with van der Waals surface area (Å²) in [5.74, 6) is -1.19. The molecule has 0 radical (unpaired) electrons. The molecule has 0 amide bonds. The first-order valence-corrected chi connectivity index (χ1v) is 8.15. The van der Waals surface area contributed by atoms with Crippen LogP contribution in [0, 0.1) is 17.0 Å². The van der Waals surface area contributed by atoms with Gasteiger partial charge in [0.1, 0.15) is 17.2 Å². The number of carboxylic acids is 1. The minimum Gasteiger partial charge on any atom is -0.475 e. The Morgan fingerprint density at radius 3 is 2.59 bits per heavy atom. The maximum atomic E-state index is 11.4. The van der Waals surface area contributed by atoms with Gasteiger partial charge in [0.05, 0.1) is 15.5 Å². The Hall–Kier alpha value is -3.10. The maximum Gasteiger partial charge on any atom is 0.375 e. The van der Waals surface area contributed by atoms with Crippen LogP contribution < -0.4 is 4.74 Å². The Bertz CT molecular complexity index is 1060. The quantitative estimate of drug-likeness (QED) is 0.446. The van der Waals surface area contributed by atoms with Gasteiger partial charge in [-0.05, 0) is 37.3 Å². The smallest absolute Gasteiger partial charge is 0.375 e. The molecule has 10 heteroatoms. The van der Waals surface area contributed by atoms with Gasteiger partial charge in [-0.3, -0.25) is 10.1 Å². The van der Waals surface area contributed by atoms with Gasteiger partial charge in [0, 0.05) is 16.7 Å². The molecule has 0 spiro atoms. The van der Waals surface area contributed by atoms with Crippen LogP contribution in [0.15, 0.2) is 40.9 Å². The summed E-state index contributed by atoms with van der Waals surface area (Å²) in [7, 11) is 0. The number of hydrogen-bond donors (Lipinski definition) is 1. The summed E-state index contributed by atoms with van der Waals surface area (Å²) in [6.45, 7) is 1.45. The zero-order valence-corrected chi connectivity index (χ0v) is 15.1. The first-order chi connectivity index (χ1) is 12.8. The van der Waals surface area contributed by atoms with E-state index in [4.69, 9.17) is 37.6 Å². The van der Waals surface area contributed by atoms with Crippen molar-refractivity contribution in [2.75, 3.05) is 0 Å². The van der Waals surface area contributed by atoms with Crippen LogP contribution in [0.3, 0.4) is 0 Å². The van der Waals surface area contributed by atoms with E-state index in [0.717, 1.165) is 0 Å². The Balaban J connectivity index is 2.08. The van der Waals surface area contributed by atoms with Crippen molar-refractivity contribution in [2.24, 2.45) is 0 Å². The van der Waals surface area contributed by atoms with Crippen LogP contribution in [0.5, 0.6) is 11.5 Å². The van der Waals surface area contributed by atoms with Crippen molar-refractivity contribution in [2.45, 2.75) is 6.92 Å². The van der Waals surface area contributed by atoms with Crippen molar-refractivity contribution in [3.63, 3.8) is 0 Å². The third-order valence-electron chi connectivity index (χ3n) is 3.66. The average molecular weight is 409 g/mol. The van der Waals surface area contributed by atoms with E-state index < -0.39 is 16.7 Å². The molecule has 0 unspecified atom stereocenters. The normalized spacial score (nSPS) is 10.6. The first kappa shape index (κ1) is 18.7. The number of nitro groups is 1. The van der Waals surface area contributed by atoms with E-state index in [9.17, 15) is 14.9 Å². The molecule has 0 aliphatic carbocycles. The Morgan fingerprint density at radius 2 is 2.00 bits per heavy atom. The molecule has 0 saturated carbocycles. The van der Waals surface area contributed by atoms with Crippen molar-refractivity contribution in [3.8, 4) is 22.8 Å². The van der Waals surface area contributed by atoms with Crippen molar-refractivity contribution < 1.29 is 24.1 Å². The largest absolute Gasteiger partial charge is 0.475 e. The zero-order valence-electron chi connectivity index (χ0n) is 13.6. The van der Waals surface area contributed by atoms with Gasteiger partial charge < -0.3 is 14.4 Å². The minimum absolute atomic E-state index is 0.0340. The summed E-state index contributed by atoms with van der Waals surface area (Å²) in [6, 6.07) is 8.60. The number of aromatic carboxylic acids is 1. The van der Waals surface area contributed by atoms with Gasteiger partial charge in [-0.1, -0.05) is 28.4 Å². The van der Waals surface area contributed by atoms with Gasteiger partial charge in [-0.15, -0.1) is 0 Å². The van der Waals surface area contributed by atoms with E-state index >= 15 is 0 Å². The molecule has 8 nitrogen and oxygen atoms in total. The minimum atomic E-state index is -1.32. The lowest BCUT2D eigenvalue weighted by atomic mass is 10.0. The first-order valence-electron chi connectivity index (χ1n) is 7.39. The van der Waals surface area contributed by atoms with E-state index in [0.29, 0.717) is 10.8 Å². The van der Waals surface area contributed by atoms with Crippen molar-refractivity contribution in [1.29, 1.82) is 0 Å². The van der Waals surface area contributed by atoms with E-state index in [1.54, 1.807) is 12.1 Å². The number of aromatic nitrogens is 1. The topological polar surface area (TPSA) is 116 Å². The Labute approximate surface area is 162 Å². The van der Waals surface area contributed by atoms with Crippen molar-refractivity contribution in [1.82, 2.24) is 5.16 Å². The fourth-order valence-electron chi connectivity index (χ4n) is 2.40. The standard InChI is InChI=1S/C17H10Cl2N2O6/c1-8-15(20-27-16(8)17(22)23)11-7-10(3-4-13(11)21(24)25)26-14-5-2-9(18)6-12(14)19/h2-7H,1H3,(H,22,23). The maximum absolute atomic E-state index is 11.4. The number of halogens is 2. The monoisotopic (exact) mass is 408 g/mol. The third kappa shape index (κ3) is 3.71. The summed E-state index contributed by atoms with van der Waals surface area (Å²) < 4.78 is 10.5. The Morgan fingerprint density at radius 1 is 1.26 bits per heavy atom. The van der Waals surface area contributed by atoms with E-state index in [2.05, 4.69) is 5.16 Å². The molecule has 3 aromatic rings. The molecule has 0 aliphatic heterocycles. The highest BCUT2D eigenvalue weighted by atomic mass is 35.5. The van der Waals surface area contributed by atoms with Crippen LogP contribution in [0.1, 0.15) is 16.1 Å². The fourth-order valence-corrected chi connectivity index (χ4v) is 2.85. The van der Waals surface area contributed by atoms with Gasteiger partial charge in [0.15, 0.2) is 0 Å². The van der Waals surface area contributed by atoms with Crippen LogP contribution >= 0.6 is 23.2 Å². The number of carbonyl (C=O) groups is 1. The van der Waals surface area contributed by atoms with Crippen LogP contribution in [0.25, 0.3) is 11.3 Å². The molecule has 1 aromatic heterocycles. The molecule has 0 fully saturated rings. The number of ether oxygens (including phenoxy) is 1. The lowest BCUT2D eigenvalue weighted by Crippen LogP contribution is -1.97. The number of nitrogens with zero attached hydrogens (tertiary/aromatic N) is 2. The van der Waals surface area contributed by atoms with Gasteiger partial charge in [-0.2, -0.15) is 0 Å². The van der Waals surface area contributed by atoms with Gasteiger partial charge in [-0.25, -0.2) is 4.79 Å². The lowest BCUT2D eigenvalue weighted by molar-refractivity contribution is -0.384. The van der Waals surface area contributed by atoms with Crippen LogP contribution in [0.4, 0.5) is 5.69 Å². The summed E-state index contributed by atoms with van der Waals surface area (Å²) in [5, 5.41) is 24.8. The summed E-state index contributed by atoms with van der Waals surface area (Å²) >= 11 is 11.9. The van der Waals surface area contributed by atoms with Gasteiger partial charge in [0.2, 0.25) is 5.76 Å². The molecule has 0 bridgehead atoms. The molecule has 0 atom stereocenters. The summed E-state index contributed by atoms with van der Waals surface area (Å²) in [5.41, 5.74) is -0.0340.